The number of carbonyl (C=O) groups is 1. The highest BCUT2D eigenvalue weighted by molar-refractivity contribution is 6.04. The Morgan fingerprint density at radius 3 is 2.68 bits per heavy atom. The van der Waals surface area contributed by atoms with Gasteiger partial charge in [0.25, 0.3) is 0 Å². The second-order valence-electron chi connectivity index (χ2n) is 8.52. The van der Waals surface area contributed by atoms with E-state index in [-0.39, 0.29) is 46.1 Å². The largest absolute Gasteiger partial charge is 0.453 e. The molecule has 4 heterocycles. The van der Waals surface area contributed by atoms with Gasteiger partial charge in [-0.3, -0.25) is 9.80 Å². The molecule has 194 valence electrons. The average Bonchev–Trinajstić information content (AvgIpc) is 3.46. The van der Waals surface area contributed by atoms with E-state index >= 15 is 0 Å². The molecule has 12 nitrogen and oxygen atoms in total. The standard InChI is InChI=1S/C20H18F5N11O/c21-19(22,20(23,24)25)5-3-11-17-28-8-29-36(17)7-12(30-11)15-31-14(26)13-10(18(37)33-16(13)32-15)4-6-35(34-27)9-1-2-9/h4,6-10,27H,1-3,5H2,(H3,26,31,32,33,37)/b6-4+,34-27?. The third-order valence-corrected chi connectivity index (χ3v) is 5.93. The maximum atomic E-state index is 13.5. The number of carbonyl (C=O) groups excluding carboxylic acids is 1. The van der Waals surface area contributed by atoms with Crippen LogP contribution in [0, 0.1) is 5.53 Å². The first-order chi connectivity index (χ1) is 17.5. The molecule has 2 aliphatic rings. The van der Waals surface area contributed by atoms with Crippen molar-refractivity contribution < 1.29 is 26.7 Å². The van der Waals surface area contributed by atoms with Gasteiger partial charge >= 0.3 is 12.1 Å². The molecule has 37 heavy (non-hydrogen) atoms. The normalized spacial score (nSPS) is 17.9. The van der Waals surface area contributed by atoms with Crippen molar-refractivity contribution in [3.8, 4) is 11.5 Å². The number of nitrogens with zero attached hydrogens (tertiary/aromatic N) is 8. The highest BCUT2D eigenvalue weighted by Gasteiger charge is 2.56. The fraction of sp³-hybridized carbons (Fsp3) is 0.400. The number of hydrogen-bond donors (Lipinski definition) is 3. The minimum absolute atomic E-state index is 0.00520. The van der Waals surface area contributed by atoms with Gasteiger partial charge in [-0.15, -0.1) is 0 Å². The Balaban J connectivity index is 1.47. The van der Waals surface area contributed by atoms with Crippen LogP contribution in [0.5, 0.6) is 0 Å². The smallest absolute Gasteiger partial charge is 0.383 e. The van der Waals surface area contributed by atoms with E-state index in [2.05, 4.69) is 35.6 Å². The van der Waals surface area contributed by atoms with E-state index in [0.29, 0.717) is 0 Å². The maximum Gasteiger partial charge on any atom is 0.453 e. The number of nitrogen functional groups attached to an aromatic ring is 1. The summed E-state index contributed by atoms with van der Waals surface area (Å²) >= 11 is 0. The van der Waals surface area contributed by atoms with Crippen LogP contribution in [-0.4, -0.2) is 58.6 Å². The predicted molar refractivity (Wildman–Crippen MR) is 116 cm³/mol. The van der Waals surface area contributed by atoms with Crippen LogP contribution in [0.2, 0.25) is 0 Å². The highest BCUT2D eigenvalue weighted by Crippen LogP contribution is 2.40. The minimum atomic E-state index is -5.71. The molecular formula is C20H18F5N11O. The Hall–Kier alpha value is -4.31. The van der Waals surface area contributed by atoms with Gasteiger partial charge in [-0.2, -0.15) is 32.6 Å². The number of alkyl halides is 5. The fourth-order valence-corrected chi connectivity index (χ4v) is 3.85. The number of fused-ring (bicyclic) bond motifs is 2. The summed E-state index contributed by atoms with van der Waals surface area (Å²) < 4.78 is 66.1. The third-order valence-electron chi connectivity index (χ3n) is 5.93. The van der Waals surface area contributed by atoms with E-state index in [9.17, 15) is 26.7 Å². The molecule has 0 spiro atoms. The second kappa shape index (κ2) is 8.67. The molecule has 17 heteroatoms. The van der Waals surface area contributed by atoms with Gasteiger partial charge in [-0.1, -0.05) is 5.22 Å². The van der Waals surface area contributed by atoms with Crippen molar-refractivity contribution in [1.29, 1.82) is 5.53 Å². The van der Waals surface area contributed by atoms with E-state index in [1.165, 1.54) is 23.5 Å². The predicted octanol–water partition coefficient (Wildman–Crippen LogP) is 3.25. The highest BCUT2D eigenvalue weighted by atomic mass is 19.4. The average molecular weight is 523 g/mol. The zero-order chi connectivity index (χ0) is 26.5. The lowest BCUT2D eigenvalue weighted by Gasteiger charge is -2.19. The van der Waals surface area contributed by atoms with Gasteiger partial charge in [-0.05, 0) is 25.3 Å². The molecule has 1 atom stereocenters. The minimum Gasteiger partial charge on any atom is -0.383 e. The van der Waals surface area contributed by atoms with Gasteiger partial charge in [0.15, 0.2) is 11.5 Å². The van der Waals surface area contributed by atoms with Crippen molar-refractivity contribution in [2.75, 3.05) is 11.1 Å². The van der Waals surface area contributed by atoms with E-state index in [4.69, 9.17) is 11.3 Å². The van der Waals surface area contributed by atoms with Crippen molar-refractivity contribution in [2.45, 2.75) is 49.7 Å². The molecule has 3 aromatic heterocycles. The number of nitrogens with two attached hydrogens (primary N) is 1. The number of amides is 1. The molecule has 0 bridgehead atoms. The Labute approximate surface area is 204 Å². The lowest BCUT2D eigenvalue weighted by Crippen LogP contribution is -2.36. The molecule has 0 radical (unpaired) electrons. The Morgan fingerprint density at radius 2 is 2.00 bits per heavy atom. The van der Waals surface area contributed by atoms with Crippen molar-refractivity contribution in [3.63, 3.8) is 0 Å². The third kappa shape index (κ3) is 4.51. The summed E-state index contributed by atoms with van der Waals surface area (Å²) in [6.45, 7) is 0. The van der Waals surface area contributed by atoms with Crippen LogP contribution in [0.1, 0.15) is 36.4 Å². The Bertz CT molecular complexity index is 1420. The van der Waals surface area contributed by atoms with Gasteiger partial charge in [0.2, 0.25) is 5.91 Å². The molecule has 0 saturated heterocycles. The number of anilines is 2. The molecule has 1 amide bonds. The molecule has 1 aliphatic carbocycles. The van der Waals surface area contributed by atoms with Crippen LogP contribution < -0.4 is 11.1 Å². The first-order valence-corrected chi connectivity index (χ1v) is 10.9. The molecule has 0 aromatic carbocycles. The summed E-state index contributed by atoms with van der Waals surface area (Å²) in [4.78, 5) is 29.1. The summed E-state index contributed by atoms with van der Waals surface area (Å²) in [5.41, 5.74) is 13.5. The monoisotopic (exact) mass is 523 g/mol. The van der Waals surface area contributed by atoms with E-state index in [1.807, 2.05) is 0 Å². The number of nitrogens with one attached hydrogen (secondary N) is 2. The lowest BCUT2D eigenvalue weighted by molar-refractivity contribution is -0.284. The summed E-state index contributed by atoms with van der Waals surface area (Å²) in [5, 5.41) is 11.3. The Kier molecular flexibility index (Phi) is 5.71. The van der Waals surface area contributed by atoms with Crippen LogP contribution in [0.3, 0.4) is 0 Å². The topological polar surface area (TPSA) is 163 Å². The van der Waals surface area contributed by atoms with E-state index in [0.717, 1.165) is 23.7 Å². The van der Waals surface area contributed by atoms with Crippen LogP contribution in [0.25, 0.3) is 17.2 Å². The summed E-state index contributed by atoms with van der Waals surface area (Å²) in [7, 11) is 0. The molecule has 4 N–H and O–H groups in total. The number of aryl methyl sites for hydroxylation is 1. The number of halogens is 5. The maximum absolute atomic E-state index is 13.5. The zero-order valence-electron chi connectivity index (χ0n) is 18.7. The molecule has 3 aromatic rings. The molecule has 1 unspecified atom stereocenters. The molecule has 1 aliphatic heterocycles. The van der Waals surface area contributed by atoms with Gasteiger partial charge in [0, 0.05) is 12.6 Å². The molecule has 1 saturated carbocycles. The first kappa shape index (κ1) is 24.4. The van der Waals surface area contributed by atoms with Crippen LogP contribution in [0.4, 0.5) is 33.6 Å². The van der Waals surface area contributed by atoms with Gasteiger partial charge < -0.3 is 11.1 Å². The lowest BCUT2D eigenvalue weighted by atomic mass is 10.0. The molecule has 1 fully saturated rings. The van der Waals surface area contributed by atoms with Crippen molar-refractivity contribution in [1.82, 2.24) is 34.6 Å². The zero-order valence-corrected chi connectivity index (χ0v) is 18.7. The number of aromatic nitrogens is 6. The van der Waals surface area contributed by atoms with Gasteiger partial charge in [-0.25, -0.2) is 24.5 Å². The van der Waals surface area contributed by atoms with E-state index in [1.54, 1.807) is 0 Å². The molecule has 5 rings (SSSR count). The fourth-order valence-electron chi connectivity index (χ4n) is 3.85. The van der Waals surface area contributed by atoms with Crippen molar-refractivity contribution in [3.05, 3.63) is 36.1 Å². The van der Waals surface area contributed by atoms with Gasteiger partial charge in [0.1, 0.15) is 23.7 Å². The summed E-state index contributed by atoms with van der Waals surface area (Å²) in [6.07, 6.45) is -0.806. The Morgan fingerprint density at radius 1 is 1.24 bits per heavy atom. The van der Waals surface area contributed by atoms with Gasteiger partial charge in [0.05, 0.1) is 29.4 Å². The van der Waals surface area contributed by atoms with Crippen LogP contribution in [0.15, 0.2) is 30.0 Å². The summed E-state index contributed by atoms with van der Waals surface area (Å²) in [5.74, 6) is -6.31. The van der Waals surface area contributed by atoms with E-state index < -0.39 is 36.8 Å². The summed E-state index contributed by atoms with van der Waals surface area (Å²) in [6, 6.07) is 0.108. The number of rotatable bonds is 8. The second-order valence-corrected chi connectivity index (χ2v) is 8.52. The van der Waals surface area contributed by atoms with Crippen LogP contribution >= 0.6 is 0 Å². The van der Waals surface area contributed by atoms with Crippen molar-refractivity contribution in [2.24, 2.45) is 5.22 Å². The number of hydrogen-bond acceptors (Lipinski definition) is 9. The first-order valence-electron chi connectivity index (χ1n) is 10.9. The SMILES string of the molecule is N=NN(/C=C/C1C(=O)Nc2nc(-c3cn4ncnc4c(CCC(F)(F)C(F)(F)F)n3)nc(N)c21)C1CC1. The van der Waals surface area contributed by atoms with Crippen molar-refractivity contribution >= 4 is 23.2 Å². The molecular weight excluding hydrogens is 505 g/mol. The van der Waals surface area contributed by atoms with Crippen LogP contribution in [-0.2, 0) is 11.2 Å². The quantitative estimate of drug-likeness (QED) is 0.230.